The van der Waals surface area contributed by atoms with Crippen molar-refractivity contribution < 1.29 is 19.1 Å². The van der Waals surface area contributed by atoms with E-state index in [4.69, 9.17) is 9.47 Å². The van der Waals surface area contributed by atoms with Gasteiger partial charge in [-0.15, -0.1) is 6.58 Å². The number of hydrogen-bond donors (Lipinski definition) is 1. The SMILES string of the molecule is C=CCOC(C)C(=O)OCC(=O)NCCc1ccccc1C. The minimum Gasteiger partial charge on any atom is -0.454 e. The highest BCUT2D eigenvalue weighted by atomic mass is 16.6. The monoisotopic (exact) mass is 305 g/mol. The van der Waals surface area contributed by atoms with Gasteiger partial charge in [0.2, 0.25) is 0 Å². The highest BCUT2D eigenvalue weighted by Crippen LogP contribution is 2.06. The van der Waals surface area contributed by atoms with E-state index in [2.05, 4.69) is 11.9 Å². The highest BCUT2D eigenvalue weighted by Gasteiger charge is 2.15. The maximum atomic E-state index is 11.6. The largest absolute Gasteiger partial charge is 0.454 e. The third-order valence-corrected chi connectivity index (χ3v) is 3.12. The van der Waals surface area contributed by atoms with Gasteiger partial charge in [-0.1, -0.05) is 30.3 Å². The van der Waals surface area contributed by atoms with Crippen LogP contribution < -0.4 is 5.32 Å². The van der Waals surface area contributed by atoms with Gasteiger partial charge in [0.05, 0.1) is 6.61 Å². The number of benzene rings is 1. The van der Waals surface area contributed by atoms with Gasteiger partial charge in [0.1, 0.15) is 0 Å². The Hall–Kier alpha value is -2.14. The zero-order valence-electron chi connectivity index (χ0n) is 13.1. The second-order valence-electron chi connectivity index (χ2n) is 4.90. The van der Waals surface area contributed by atoms with Gasteiger partial charge in [0.15, 0.2) is 12.7 Å². The van der Waals surface area contributed by atoms with Gasteiger partial charge < -0.3 is 14.8 Å². The van der Waals surface area contributed by atoms with Crippen LogP contribution in [0.3, 0.4) is 0 Å². The second-order valence-corrected chi connectivity index (χ2v) is 4.90. The lowest BCUT2D eigenvalue weighted by molar-refractivity contribution is -0.158. The van der Waals surface area contributed by atoms with Crippen LogP contribution in [0.25, 0.3) is 0 Å². The van der Waals surface area contributed by atoms with E-state index in [1.807, 2.05) is 31.2 Å². The summed E-state index contributed by atoms with van der Waals surface area (Å²) in [4.78, 5) is 23.1. The molecule has 0 saturated heterocycles. The third-order valence-electron chi connectivity index (χ3n) is 3.12. The van der Waals surface area contributed by atoms with Gasteiger partial charge in [0, 0.05) is 6.54 Å². The summed E-state index contributed by atoms with van der Waals surface area (Å²) in [5.41, 5.74) is 2.38. The number of aryl methyl sites for hydroxylation is 1. The molecule has 22 heavy (non-hydrogen) atoms. The number of carbonyl (C=O) groups excluding carboxylic acids is 2. The van der Waals surface area contributed by atoms with Crippen molar-refractivity contribution in [3.8, 4) is 0 Å². The van der Waals surface area contributed by atoms with Gasteiger partial charge in [0.25, 0.3) is 5.91 Å². The lowest BCUT2D eigenvalue weighted by atomic mass is 10.1. The average molecular weight is 305 g/mol. The van der Waals surface area contributed by atoms with Gasteiger partial charge in [-0.25, -0.2) is 4.79 Å². The van der Waals surface area contributed by atoms with E-state index in [0.29, 0.717) is 6.54 Å². The van der Waals surface area contributed by atoms with Gasteiger partial charge >= 0.3 is 5.97 Å². The number of hydrogen-bond acceptors (Lipinski definition) is 4. The molecule has 1 atom stereocenters. The Morgan fingerprint density at radius 3 is 2.77 bits per heavy atom. The van der Waals surface area contributed by atoms with E-state index in [0.717, 1.165) is 6.42 Å². The molecular weight excluding hydrogens is 282 g/mol. The van der Waals surface area contributed by atoms with Crippen molar-refractivity contribution in [2.45, 2.75) is 26.4 Å². The number of amides is 1. The van der Waals surface area contributed by atoms with E-state index in [9.17, 15) is 9.59 Å². The molecule has 0 radical (unpaired) electrons. The number of nitrogens with one attached hydrogen (secondary N) is 1. The van der Waals surface area contributed by atoms with Crippen molar-refractivity contribution >= 4 is 11.9 Å². The van der Waals surface area contributed by atoms with Gasteiger partial charge in [-0.2, -0.15) is 0 Å². The van der Waals surface area contributed by atoms with E-state index in [1.54, 1.807) is 13.0 Å². The Morgan fingerprint density at radius 1 is 1.36 bits per heavy atom. The molecule has 0 fully saturated rings. The maximum absolute atomic E-state index is 11.6. The first-order valence-corrected chi connectivity index (χ1v) is 7.25. The van der Waals surface area contributed by atoms with Crippen LogP contribution in [0.2, 0.25) is 0 Å². The first kappa shape index (κ1) is 17.9. The molecule has 1 N–H and O–H groups in total. The van der Waals surface area contributed by atoms with E-state index in [1.165, 1.54) is 11.1 Å². The third kappa shape index (κ3) is 6.54. The molecule has 0 spiro atoms. The molecule has 0 bridgehead atoms. The van der Waals surface area contributed by atoms with E-state index in [-0.39, 0.29) is 19.1 Å². The molecule has 0 aliphatic heterocycles. The molecule has 1 aromatic carbocycles. The second kappa shape index (κ2) is 9.73. The summed E-state index contributed by atoms with van der Waals surface area (Å²) in [5.74, 6) is -0.881. The molecule has 5 heteroatoms. The standard InChI is InChI=1S/C17H23NO4/c1-4-11-21-14(3)17(20)22-12-16(19)18-10-9-15-8-6-5-7-13(15)2/h4-8,14H,1,9-12H2,2-3H3,(H,18,19). The number of esters is 1. The highest BCUT2D eigenvalue weighted by molar-refractivity contribution is 5.81. The topological polar surface area (TPSA) is 64.6 Å². The molecule has 1 aromatic rings. The van der Waals surface area contributed by atoms with Crippen molar-refractivity contribution in [1.82, 2.24) is 5.32 Å². The van der Waals surface area contributed by atoms with Crippen LogP contribution in [0.1, 0.15) is 18.1 Å². The van der Waals surface area contributed by atoms with E-state index < -0.39 is 12.1 Å². The average Bonchev–Trinajstić information content (AvgIpc) is 2.52. The molecule has 0 heterocycles. The predicted octanol–water partition coefficient (Wildman–Crippen LogP) is 1.79. The van der Waals surface area contributed by atoms with Crippen LogP contribution in [-0.2, 0) is 25.5 Å². The van der Waals surface area contributed by atoms with Crippen LogP contribution in [-0.4, -0.2) is 37.7 Å². The number of rotatable bonds is 9. The Bertz CT molecular complexity index is 513. The minimum absolute atomic E-state index is 0.263. The van der Waals surface area contributed by atoms with Crippen molar-refractivity contribution in [3.05, 3.63) is 48.0 Å². The molecule has 0 aromatic heterocycles. The summed E-state index contributed by atoms with van der Waals surface area (Å²) in [6.45, 7) is 7.56. The minimum atomic E-state index is -0.710. The Labute approximate surface area is 131 Å². The van der Waals surface area contributed by atoms with Crippen molar-refractivity contribution in [1.29, 1.82) is 0 Å². The molecule has 0 aliphatic carbocycles. The first-order valence-electron chi connectivity index (χ1n) is 7.25. The lowest BCUT2D eigenvalue weighted by Gasteiger charge is -2.11. The van der Waals surface area contributed by atoms with Crippen LogP contribution in [0.5, 0.6) is 0 Å². The molecule has 0 aliphatic rings. The van der Waals surface area contributed by atoms with Crippen molar-refractivity contribution in [3.63, 3.8) is 0 Å². The summed E-state index contributed by atoms with van der Waals surface area (Å²) in [6.07, 6.45) is 1.57. The lowest BCUT2D eigenvalue weighted by Crippen LogP contribution is -2.33. The van der Waals surface area contributed by atoms with Crippen LogP contribution in [0.15, 0.2) is 36.9 Å². The van der Waals surface area contributed by atoms with Crippen LogP contribution in [0, 0.1) is 6.92 Å². The number of carbonyl (C=O) groups is 2. The normalized spacial score (nSPS) is 11.5. The van der Waals surface area contributed by atoms with Gasteiger partial charge in [-0.3, -0.25) is 4.79 Å². The fraction of sp³-hybridized carbons (Fsp3) is 0.412. The quantitative estimate of drug-likeness (QED) is 0.558. The fourth-order valence-electron chi connectivity index (χ4n) is 1.81. The molecule has 1 amide bonds. The zero-order chi connectivity index (χ0) is 16.4. The fourth-order valence-corrected chi connectivity index (χ4v) is 1.81. The summed E-state index contributed by atoms with van der Waals surface area (Å²) in [5, 5.41) is 2.72. The molecule has 0 saturated carbocycles. The van der Waals surface area contributed by atoms with Gasteiger partial charge in [-0.05, 0) is 31.4 Å². The van der Waals surface area contributed by atoms with E-state index >= 15 is 0 Å². The van der Waals surface area contributed by atoms with Crippen molar-refractivity contribution in [2.75, 3.05) is 19.8 Å². The van der Waals surface area contributed by atoms with Crippen LogP contribution in [0.4, 0.5) is 0 Å². The summed E-state index contributed by atoms with van der Waals surface area (Å²) in [6, 6.07) is 8.01. The Balaban J connectivity index is 2.22. The first-order chi connectivity index (χ1) is 10.5. The number of ether oxygens (including phenoxy) is 2. The molecule has 1 unspecified atom stereocenters. The Morgan fingerprint density at radius 2 is 2.09 bits per heavy atom. The Kier molecular flexibility index (Phi) is 7.92. The molecular formula is C17H23NO4. The maximum Gasteiger partial charge on any atom is 0.335 e. The zero-order valence-corrected chi connectivity index (χ0v) is 13.1. The molecule has 120 valence electrons. The molecule has 1 rings (SSSR count). The summed E-state index contributed by atoms with van der Waals surface area (Å²) >= 11 is 0. The summed E-state index contributed by atoms with van der Waals surface area (Å²) < 4.78 is 9.99. The summed E-state index contributed by atoms with van der Waals surface area (Å²) in [7, 11) is 0. The predicted molar refractivity (Wildman–Crippen MR) is 84.5 cm³/mol. The van der Waals surface area contributed by atoms with Crippen LogP contribution >= 0.6 is 0 Å². The molecule has 5 nitrogen and oxygen atoms in total. The van der Waals surface area contributed by atoms with Crippen molar-refractivity contribution in [2.24, 2.45) is 0 Å². The smallest absolute Gasteiger partial charge is 0.335 e.